The highest BCUT2D eigenvalue weighted by Crippen LogP contribution is 2.23. The van der Waals surface area contributed by atoms with E-state index in [2.05, 4.69) is 49.7 Å². The van der Waals surface area contributed by atoms with E-state index < -0.39 is 0 Å². The number of hydrogen-bond donors (Lipinski definition) is 1. The van der Waals surface area contributed by atoms with E-state index in [4.69, 9.17) is 0 Å². The lowest BCUT2D eigenvalue weighted by Gasteiger charge is -2.29. The minimum atomic E-state index is -0.309. The van der Waals surface area contributed by atoms with Crippen LogP contribution in [0.2, 0.25) is 0 Å². The lowest BCUT2D eigenvalue weighted by Crippen LogP contribution is -2.31. The first-order valence-electron chi connectivity index (χ1n) is 7.82. The third-order valence-electron chi connectivity index (χ3n) is 4.08. The van der Waals surface area contributed by atoms with E-state index in [0.29, 0.717) is 11.6 Å². The van der Waals surface area contributed by atoms with Crippen molar-refractivity contribution in [3.63, 3.8) is 0 Å². The normalized spacial score (nSPS) is 13.5. The molecule has 0 radical (unpaired) electrons. The molecule has 0 saturated carbocycles. The molecule has 120 valence electrons. The first-order chi connectivity index (χ1) is 11.8. The summed E-state index contributed by atoms with van der Waals surface area (Å²) < 4.78 is 13.3. The molecule has 5 nitrogen and oxygen atoms in total. The fourth-order valence-electron chi connectivity index (χ4n) is 2.89. The molecule has 3 aromatic rings. The summed E-state index contributed by atoms with van der Waals surface area (Å²) in [6, 6.07) is 14.6. The summed E-state index contributed by atoms with van der Waals surface area (Å²) in [7, 11) is 0. The maximum Gasteiger partial charge on any atom is 0.249 e. The van der Waals surface area contributed by atoms with Gasteiger partial charge in [-0.3, -0.25) is 0 Å². The van der Waals surface area contributed by atoms with Gasteiger partial charge in [-0.05, 0) is 35.7 Å². The molecule has 0 bridgehead atoms. The largest absolute Gasteiger partial charge is 0.350 e. The van der Waals surface area contributed by atoms with Crippen LogP contribution >= 0.6 is 0 Å². The number of halogens is 1. The molecule has 0 unspecified atom stereocenters. The minimum absolute atomic E-state index is 0.309. The Bertz CT molecular complexity index is 867. The zero-order chi connectivity index (χ0) is 16.4. The van der Waals surface area contributed by atoms with E-state index in [-0.39, 0.29) is 5.82 Å². The summed E-state index contributed by atoms with van der Waals surface area (Å²) in [6.07, 6.45) is 2.64. The topological polar surface area (TPSA) is 53.9 Å². The first kappa shape index (κ1) is 14.6. The highest BCUT2D eigenvalue weighted by atomic mass is 19.1. The Balaban J connectivity index is 1.55. The van der Waals surface area contributed by atoms with Gasteiger partial charge in [0.2, 0.25) is 5.95 Å². The molecule has 0 saturated heterocycles. The van der Waals surface area contributed by atoms with Gasteiger partial charge in [-0.25, -0.2) is 4.39 Å². The second-order valence-electron chi connectivity index (χ2n) is 5.71. The van der Waals surface area contributed by atoms with Crippen LogP contribution in [0.5, 0.6) is 0 Å². The lowest BCUT2D eigenvalue weighted by atomic mass is 10.0. The van der Waals surface area contributed by atoms with Crippen molar-refractivity contribution in [1.82, 2.24) is 15.2 Å². The van der Waals surface area contributed by atoms with Crippen LogP contribution in [-0.2, 0) is 13.0 Å². The number of aromatic nitrogens is 3. The van der Waals surface area contributed by atoms with Gasteiger partial charge in [0.15, 0.2) is 5.82 Å². The number of nitrogens with one attached hydrogen (secondary N) is 1. The quantitative estimate of drug-likeness (QED) is 0.802. The van der Waals surface area contributed by atoms with Crippen molar-refractivity contribution in [2.45, 2.75) is 13.0 Å². The number of rotatable bonds is 3. The monoisotopic (exact) mass is 321 g/mol. The molecule has 6 heteroatoms. The van der Waals surface area contributed by atoms with E-state index in [1.807, 2.05) is 0 Å². The Morgan fingerprint density at radius 1 is 1.04 bits per heavy atom. The summed E-state index contributed by atoms with van der Waals surface area (Å²) >= 11 is 0. The molecule has 0 atom stereocenters. The number of benzene rings is 2. The van der Waals surface area contributed by atoms with Gasteiger partial charge in [-0.15, -0.1) is 5.10 Å². The maximum atomic E-state index is 13.3. The van der Waals surface area contributed by atoms with Gasteiger partial charge < -0.3 is 10.2 Å². The summed E-state index contributed by atoms with van der Waals surface area (Å²) in [5.74, 6) is 0.812. The van der Waals surface area contributed by atoms with Crippen LogP contribution in [0, 0.1) is 5.82 Å². The van der Waals surface area contributed by atoms with Gasteiger partial charge in [0.1, 0.15) is 5.82 Å². The second-order valence-corrected chi connectivity index (χ2v) is 5.71. The molecule has 2 heterocycles. The molecular weight excluding hydrogens is 305 g/mol. The Hall–Kier alpha value is -3.02. The van der Waals surface area contributed by atoms with E-state index >= 15 is 0 Å². The SMILES string of the molecule is Fc1cccc(Nc2nncc(N3CCc4ccccc4C3)n2)c1. The zero-order valence-corrected chi connectivity index (χ0v) is 13.0. The first-order valence-corrected chi connectivity index (χ1v) is 7.82. The molecule has 2 aromatic carbocycles. The van der Waals surface area contributed by atoms with Crippen molar-refractivity contribution in [2.75, 3.05) is 16.8 Å². The smallest absolute Gasteiger partial charge is 0.249 e. The van der Waals surface area contributed by atoms with Crippen molar-refractivity contribution < 1.29 is 4.39 Å². The van der Waals surface area contributed by atoms with Crippen LogP contribution in [0.4, 0.5) is 21.8 Å². The Morgan fingerprint density at radius 3 is 2.79 bits per heavy atom. The molecule has 0 spiro atoms. The standard InChI is InChI=1S/C18H16FN5/c19-15-6-3-7-16(10-15)21-18-22-17(11-20-23-18)24-9-8-13-4-1-2-5-14(13)12-24/h1-7,10-11H,8-9,12H2,(H,21,22,23). The molecule has 1 aromatic heterocycles. The minimum Gasteiger partial charge on any atom is -0.350 e. The predicted molar refractivity (Wildman–Crippen MR) is 90.7 cm³/mol. The van der Waals surface area contributed by atoms with Crippen molar-refractivity contribution in [3.8, 4) is 0 Å². The lowest BCUT2D eigenvalue weighted by molar-refractivity contribution is 0.628. The summed E-state index contributed by atoms with van der Waals surface area (Å²) in [5, 5.41) is 11.0. The van der Waals surface area contributed by atoms with Crippen LogP contribution in [-0.4, -0.2) is 21.7 Å². The third-order valence-corrected chi connectivity index (χ3v) is 4.08. The molecule has 1 aliphatic heterocycles. The highest BCUT2D eigenvalue weighted by molar-refractivity contribution is 5.54. The number of fused-ring (bicyclic) bond motifs is 1. The molecule has 1 N–H and O–H groups in total. The summed E-state index contributed by atoms with van der Waals surface area (Å²) in [4.78, 5) is 6.69. The van der Waals surface area contributed by atoms with Gasteiger partial charge in [0.05, 0.1) is 6.20 Å². The van der Waals surface area contributed by atoms with Gasteiger partial charge in [-0.1, -0.05) is 30.3 Å². The van der Waals surface area contributed by atoms with Crippen molar-refractivity contribution >= 4 is 17.5 Å². The molecule has 4 rings (SSSR count). The maximum absolute atomic E-state index is 13.3. The molecule has 24 heavy (non-hydrogen) atoms. The van der Waals surface area contributed by atoms with Crippen molar-refractivity contribution in [1.29, 1.82) is 0 Å². The molecule has 0 amide bonds. The van der Waals surface area contributed by atoms with E-state index in [1.54, 1.807) is 18.3 Å². The number of hydrogen-bond acceptors (Lipinski definition) is 5. The zero-order valence-electron chi connectivity index (χ0n) is 13.0. The molecule has 1 aliphatic rings. The average Bonchev–Trinajstić information content (AvgIpc) is 2.61. The van der Waals surface area contributed by atoms with Gasteiger partial charge in [0, 0.05) is 18.8 Å². The highest BCUT2D eigenvalue weighted by Gasteiger charge is 2.17. The van der Waals surface area contributed by atoms with E-state index in [9.17, 15) is 4.39 Å². The average molecular weight is 321 g/mol. The summed E-state index contributed by atoms with van der Waals surface area (Å²) in [5.41, 5.74) is 3.29. The van der Waals surface area contributed by atoms with E-state index in [1.165, 1.54) is 23.3 Å². The van der Waals surface area contributed by atoms with Crippen LogP contribution < -0.4 is 10.2 Å². The second kappa shape index (κ2) is 6.23. The van der Waals surface area contributed by atoms with Gasteiger partial charge >= 0.3 is 0 Å². The summed E-state index contributed by atoms with van der Waals surface area (Å²) in [6.45, 7) is 1.68. The van der Waals surface area contributed by atoms with Crippen molar-refractivity contribution in [3.05, 3.63) is 71.7 Å². The number of nitrogens with zero attached hydrogens (tertiary/aromatic N) is 4. The van der Waals surface area contributed by atoms with Crippen LogP contribution in [0.15, 0.2) is 54.7 Å². The third kappa shape index (κ3) is 3.03. The Kier molecular flexibility index (Phi) is 3.78. The van der Waals surface area contributed by atoms with Gasteiger partial charge in [0.25, 0.3) is 0 Å². The Labute approximate surface area is 139 Å². The van der Waals surface area contributed by atoms with Crippen LogP contribution in [0.3, 0.4) is 0 Å². The number of anilines is 3. The fourth-order valence-corrected chi connectivity index (χ4v) is 2.89. The Morgan fingerprint density at radius 2 is 1.92 bits per heavy atom. The van der Waals surface area contributed by atoms with Crippen LogP contribution in [0.1, 0.15) is 11.1 Å². The molecule has 0 aliphatic carbocycles. The fraction of sp³-hybridized carbons (Fsp3) is 0.167. The molecule has 0 fully saturated rings. The van der Waals surface area contributed by atoms with Gasteiger partial charge in [-0.2, -0.15) is 10.1 Å². The van der Waals surface area contributed by atoms with E-state index in [0.717, 1.165) is 25.3 Å². The van der Waals surface area contributed by atoms with Crippen LogP contribution in [0.25, 0.3) is 0 Å². The predicted octanol–water partition coefficient (Wildman–Crippen LogP) is 3.32. The molecular formula is C18H16FN5. The van der Waals surface area contributed by atoms with Crippen molar-refractivity contribution in [2.24, 2.45) is 0 Å².